The van der Waals surface area contributed by atoms with E-state index >= 15 is 0 Å². The molecule has 2 rings (SSSR count). The molecule has 0 saturated heterocycles. The second-order valence-corrected chi connectivity index (χ2v) is 5.70. The third-order valence-corrected chi connectivity index (χ3v) is 3.53. The number of hydrogen-bond acceptors (Lipinski definition) is 4. The molecule has 0 atom stereocenters. The van der Waals surface area contributed by atoms with Gasteiger partial charge < -0.3 is 0 Å². The Hall–Kier alpha value is -0.840. The average molecular weight is 300 g/mol. The van der Waals surface area contributed by atoms with E-state index in [4.69, 9.17) is 23.2 Å². The summed E-state index contributed by atoms with van der Waals surface area (Å²) < 4.78 is 0. The smallest absolute Gasteiger partial charge is 0.191 e. The number of halogens is 2. The highest BCUT2D eigenvalue weighted by atomic mass is 35.5. The lowest BCUT2D eigenvalue weighted by molar-refractivity contribution is 0.864. The minimum absolute atomic E-state index is 0.108. The third-order valence-electron chi connectivity index (χ3n) is 2.32. The van der Waals surface area contributed by atoms with Crippen molar-refractivity contribution in [3.05, 3.63) is 40.4 Å². The normalized spacial score (nSPS) is 10.9. The van der Waals surface area contributed by atoms with E-state index in [0.717, 1.165) is 4.90 Å². The molecular formula is C12H11Cl2N3S. The highest BCUT2D eigenvalue weighted by Gasteiger charge is 2.06. The highest BCUT2D eigenvalue weighted by Crippen LogP contribution is 2.27. The lowest BCUT2D eigenvalue weighted by Crippen LogP contribution is -1.92. The lowest BCUT2D eigenvalue weighted by atomic mass is 10.0. The Morgan fingerprint density at radius 3 is 2.00 bits per heavy atom. The SMILES string of the molecule is CC(C)c1ccc(Sc2nc(Cl)nc(Cl)n2)cc1. The molecule has 0 bridgehead atoms. The van der Waals surface area contributed by atoms with E-state index in [9.17, 15) is 0 Å². The maximum atomic E-state index is 5.72. The van der Waals surface area contributed by atoms with Crippen molar-refractivity contribution in [2.24, 2.45) is 0 Å². The molecule has 18 heavy (non-hydrogen) atoms. The molecular weight excluding hydrogens is 289 g/mol. The van der Waals surface area contributed by atoms with Crippen molar-refractivity contribution in [3.8, 4) is 0 Å². The summed E-state index contributed by atoms with van der Waals surface area (Å²) in [6.45, 7) is 4.32. The fourth-order valence-electron chi connectivity index (χ4n) is 1.38. The van der Waals surface area contributed by atoms with Crippen LogP contribution in [-0.2, 0) is 0 Å². The van der Waals surface area contributed by atoms with Crippen molar-refractivity contribution < 1.29 is 0 Å². The van der Waals surface area contributed by atoms with E-state index < -0.39 is 0 Å². The summed E-state index contributed by atoms with van der Waals surface area (Å²) in [5, 5.41) is 0.713. The van der Waals surface area contributed by atoms with Crippen LogP contribution in [-0.4, -0.2) is 15.0 Å². The Kier molecular flexibility index (Phi) is 4.43. The Morgan fingerprint density at radius 1 is 0.944 bits per heavy atom. The number of hydrogen-bond donors (Lipinski definition) is 0. The van der Waals surface area contributed by atoms with Gasteiger partial charge in [-0.15, -0.1) is 0 Å². The summed E-state index contributed by atoms with van der Waals surface area (Å²) in [6, 6.07) is 8.26. The first kappa shape index (κ1) is 13.6. The van der Waals surface area contributed by atoms with Crippen LogP contribution >= 0.6 is 35.0 Å². The van der Waals surface area contributed by atoms with Crippen LogP contribution in [0.15, 0.2) is 34.3 Å². The monoisotopic (exact) mass is 299 g/mol. The van der Waals surface area contributed by atoms with Crippen molar-refractivity contribution in [2.75, 3.05) is 0 Å². The topological polar surface area (TPSA) is 38.7 Å². The summed E-state index contributed by atoms with van der Waals surface area (Å²) in [5.74, 6) is 0.519. The molecule has 0 aliphatic heterocycles. The number of benzene rings is 1. The molecule has 0 amide bonds. The van der Waals surface area contributed by atoms with Gasteiger partial charge in [0.05, 0.1) is 0 Å². The van der Waals surface area contributed by atoms with Gasteiger partial charge in [0, 0.05) is 4.90 Å². The van der Waals surface area contributed by atoms with Crippen LogP contribution in [0, 0.1) is 0 Å². The molecule has 1 aromatic carbocycles. The van der Waals surface area contributed by atoms with Crippen LogP contribution in [0.4, 0.5) is 0 Å². The molecule has 0 fully saturated rings. The zero-order valence-corrected chi connectivity index (χ0v) is 12.2. The molecule has 3 nitrogen and oxygen atoms in total. The van der Waals surface area contributed by atoms with Gasteiger partial charge in [0.25, 0.3) is 0 Å². The van der Waals surface area contributed by atoms with Crippen molar-refractivity contribution in [2.45, 2.75) is 29.8 Å². The van der Waals surface area contributed by atoms with Crippen LogP contribution in [0.3, 0.4) is 0 Å². The van der Waals surface area contributed by atoms with Gasteiger partial charge in [0.2, 0.25) is 10.6 Å². The zero-order valence-electron chi connectivity index (χ0n) is 9.89. The number of rotatable bonds is 3. The van der Waals surface area contributed by atoms with E-state index in [2.05, 4.69) is 40.9 Å². The second-order valence-electron chi connectivity index (χ2n) is 3.98. The van der Waals surface area contributed by atoms with E-state index in [1.807, 2.05) is 12.1 Å². The molecule has 0 spiro atoms. The summed E-state index contributed by atoms with van der Waals surface area (Å²) in [5.41, 5.74) is 1.30. The zero-order chi connectivity index (χ0) is 13.1. The van der Waals surface area contributed by atoms with Gasteiger partial charge in [0.15, 0.2) is 5.16 Å². The molecule has 2 aromatic rings. The fourth-order valence-corrected chi connectivity index (χ4v) is 2.59. The Labute approximate surface area is 120 Å². The largest absolute Gasteiger partial charge is 0.227 e. The predicted molar refractivity (Wildman–Crippen MR) is 74.5 cm³/mol. The molecule has 0 saturated carbocycles. The van der Waals surface area contributed by atoms with Gasteiger partial charge >= 0.3 is 0 Å². The standard InChI is InChI=1S/C12H11Cl2N3S/c1-7(2)8-3-5-9(6-4-8)18-12-16-10(13)15-11(14)17-12/h3-7H,1-2H3. The van der Waals surface area contributed by atoms with Crippen LogP contribution in [0.1, 0.15) is 25.3 Å². The Balaban J connectivity index is 2.18. The van der Waals surface area contributed by atoms with E-state index in [1.54, 1.807) is 0 Å². The second kappa shape index (κ2) is 5.87. The molecule has 0 radical (unpaired) electrons. The highest BCUT2D eigenvalue weighted by molar-refractivity contribution is 7.99. The van der Waals surface area contributed by atoms with E-state index in [0.29, 0.717) is 11.1 Å². The van der Waals surface area contributed by atoms with Crippen molar-refractivity contribution >= 4 is 35.0 Å². The Bertz CT molecular complexity index is 523. The summed E-state index contributed by atoms with van der Waals surface area (Å²) in [4.78, 5) is 12.8. The van der Waals surface area contributed by atoms with Gasteiger partial charge in [-0.3, -0.25) is 0 Å². The minimum Gasteiger partial charge on any atom is -0.191 e. The van der Waals surface area contributed by atoms with Crippen LogP contribution in [0.2, 0.25) is 10.6 Å². The van der Waals surface area contributed by atoms with Gasteiger partial charge in [-0.25, -0.2) is 0 Å². The first-order valence-corrected chi connectivity index (χ1v) is 6.97. The van der Waals surface area contributed by atoms with Gasteiger partial charge in [-0.05, 0) is 58.6 Å². The first-order chi connectivity index (χ1) is 8.54. The van der Waals surface area contributed by atoms with Crippen LogP contribution in [0.25, 0.3) is 0 Å². The van der Waals surface area contributed by atoms with E-state index in [1.165, 1.54) is 17.3 Å². The summed E-state index contributed by atoms with van der Waals surface area (Å²) in [6.07, 6.45) is 0. The van der Waals surface area contributed by atoms with Crippen LogP contribution < -0.4 is 0 Å². The van der Waals surface area contributed by atoms with Gasteiger partial charge in [-0.1, -0.05) is 26.0 Å². The van der Waals surface area contributed by atoms with Gasteiger partial charge in [0.1, 0.15) is 0 Å². The quantitative estimate of drug-likeness (QED) is 0.839. The molecule has 1 aromatic heterocycles. The first-order valence-electron chi connectivity index (χ1n) is 5.39. The van der Waals surface area contributed by atoms with Crippen molar-refractivity contribution in [1.82, 2.24) is 15.0 Å². The van der Waals surface area contributed by atoms with Crippen molar-refractivity contribution in [3.63, 3.8) is 0 Å². The lowest BCUT2D eigenvalue weighted by Gasteiger charge is -2.06. The molecule has 1 heterocycles. The molecule has 6 heteroatoms. The maximum Gasteiger partial charge on any atom is 0.227 e. The summed E-state index contributed by atoms with van der Waals surface area (Å²) in [7, 11) is 0. The van der Waals surface area contributed by atoms with Gasteiger partial charge in [-0.2, -0.15) is 15.0 Å². The fraction of sp³-hybridized carbons (Fsp3) is 0.250. The average Bonchev–Trinajstić information content (AvgIpc) is 2.28. The third kappa shape index (κ3) is 3.57. The molecule has 0 aliphatic carbocycles. The Morgan fingerprint density at radius 2 is 1.50 bits per heavy atom. The van der Waals surface area contributed by atoms with Crippen molar-refractivity contribution in [1.29, 1.82) is 0 Å². The maximum absolute atomic E-state index is 5.72. The molecule has 0 unspecified atom stereocenters. The molecule has 0 aliphatic rings. The molecule has 0 N–H and O–H groups in total. The molecule has 94 valence electrons. The predicted octanol–water partition coefficient (Wildman–Crippen LogP) is 4.45. The minimum atomic E-state index is 0.108. The summed E-state index contributed by atoms with van der Waals surface area (Å²) >= 11 is 12.9. The number of nitrogens with zero attached hydrogens (tertiary/aromatic N) is 3. The van der Waals surface area contributed by atoms with E-state index in [-0.39, 0.29) is 10.6 Å². The number of aromatic nitrogens is 3. The van der Waals surface area contributed by atoms with Crippen LogP contribution in [0.5, 0.6) is 0 Å².